The summed E-state index contributed by atoms with van der Waals surface area (Å²) in [6.45, 7) is 1.41. The SMILES string of the molecule is O=C(c1cc2cc(Br)cc(Br)c2oc1=O)N1CCCCCC1. The highest BCUT2D eigenvalue weighted by Crippen LogP contribution is 2.28. The van der Waals surface area contributed by atoms with E-state index < -0.39 is 5.63 Å². The van der Waals surface area contributed by atoms with Crippen LogP contribution in [-0.4, -0.2) is 23.9 Å². The van der Waals surface area contributed by atoms with Crippen LogP contribution in [0.3, 0.4) is 0 Å². The Bertz CT molecular complexity index is 777. The number of hydrogen-bond donors (Lipinski definition) is 0. The maximum Gasteiger partial charge on any atom is 0.349 e. The fourth-order valence-corrected chi connectivity index (χ4v) is 4.09. The number of rotatable bonds is 1. The van der Waals surface area contributed by atoms with Crippen molar-refractivity contribution in [2.45, 2.75) is 25.7 Å². The van der Waals surface area contributed by atoms with Crippen LogP contribution < -0.4 is 5.63 Å². The Labute approximate surface area is 144 Å². The molecule has 0 spiro atoms. The lowest BCUT2D eigenvalue weighted by atomic mass is 10.1. The summed E-state index contributed by atoms with van der Waals surface area (Å²) < 4.78 is 6.89. The molecule has 22 heavy (non-hydrogen) atoms. The van der Waals surface area contributed by atoms with E-state index in [1.165, 1.54) is 0 Å². The number of nitrogens with zero attached hydrogens (tertiary/aromatic N) is 1. The van der Waals surface area contributed by atoms with E-state index in [-0.39, 0.29) is 11.5 Å². The number of fused-ring (bicyclic) bond motifs is 1. The summed E-state index contributed by atoms with van der Waals surface area (Å²) in [6, 6.07) is 5.27. The van der Waals surface area contributed by atoms with Gasteiger partial charge in [0.25, 0.3) is 5.91 Å². The Morgan fingerprint density at radius 3 is 2.41 bits per heavy atom. The van der Waals surface area contributed by atoms with Crippen LogP contribution in [0.25, 0.3) is 11.0 Å². The van der Waals surface area contributed by atoms with Gasteiger partial charge in [0.15, 0.2) is 5.58 Å². The highest BCUT2D eigenvalue weighted by molar-refractivity contribution is 9.11. The zero-order valence-electron chi connectivity index (χ0n) is 11.9. The van der Waals surface area contributed by atoms with E-state index in [2.05, 4.69) is 31.9 Å². The molecular formula is C16H15Br2NO3. The molecule has 0 aliphatic carbocycles. The molecule has 1 aromatic heterocycles. The average Bonchev–Trinajstić information content (AvgIpc) is 2.76. The largest absolute Gasteiger partial charge is 0.421 e. The van der Waals surface area contributed by atoms with Gasteiger partial charge in [0.2, 0.25) is 0 Å². The first-order valence-corrected chi connectivity index (χ1v) is 8.87. The Morgan fingerprint density at radius 2 is 1.73 bits per heavy atom. The second kappa shape index (κ2) is 6.54. The van der Waals surface area contributed by atoms with E-state index in [4.69, 9.17) is 4.42 Å². The Hall–Kier alpha value is -1.14. The molecule has 2 heterocycles. The summed E-state index contributed by atoms with van der Waals surface area (Å²) in [7, 11) is 0. The molecule has 4 nitrogen and oxygen atoms in total. The number of hydrogen-bond acceptors (Lipinski definition) is 3. The first-order valence-electron chi connectivity index (χ1n) is 7.28. The predicted molar refractivity (Wildman–Crippen MR) is 92.3 cm³/mol. The third kappa shape index (κ3) is 3.13. The second-order valence-electron chi connectivity index (χ2n) is 5.46. The van der Waals surface area contributed by atoms with Gasteiger partial charge >= 0.3 is 5.63 Å². The van der Waals surface area contributed by atoms with Crippen LogP contribution in [0.15, 0.2) is 36.4 Å². The van der Waals surface area contributed by atoms with Crippen LogP contribution in [0, 0.1) is 0 Å². The Kier molecular flexibility index (Phi) is 4.68. The van der Waals surface area contributed by atoms with Crippen LogP contribution in [0.5, 0.6) is 0 Å². The Morgan fingerprint density at radius 1 is 1.05 bits per heavy atom. The normalized spacial score (nSPS) is 15.8. The van der Waals surface area contributed by atoms with Gasteiger partial charge in [-0.2, -0.15) is 0 Å². The van der Waals surface area contributed by atoms with Crippen LogP contribution in [0.2, 0.25) is 0 Å². The smallest absolute Gasteiger partial charge is 0.349 e. The average molecular weight is 429 g/mol. The van der Waals surface area contributed by atoms with Crippen LogP contribution in [0.4, 0.5) is 0 Å². The number of carbonyl (C=O) groups is 1. The zero-order valence-corrected chi connectivity index (χ0v) is 15.1. The molecular weight excluding hydrogens is 414 g/mol. The number of amides is 1. The van der Waals surface area contributed by atoms with E-state index >= 15 is 0 Å². The lowest BCUT2D eigenvalue weighted by Gasteiger charge is -2.19. The van der Waals surface area contributed by atoms with Crippen LogP contribution >= 0.6 is 31.9 Å². The molecule has 2 aromatic rings. The zero-order chi connectivity index (χ0) is 15.7. The van der Waals surface area contributed by atoms with E-state index in [0.717, 1.165) is 35.5 Å². The van der Waals surface area contributed by atoms with Gasteiger partial charge in [0.05, 0.1) is 4.47 Å². The topological polar surface area (TPSA) is 50.5 Å². The van der Waals surface area contributed by atoms with Gasteiger partial charge in [-0.05, 0) is 47.0 Å². The predicted octanol–water partition coefficient (Wildman–Crippen LogP) is 4.33. The molecule has 0 atom stereocenters. The van der Waals surface area contributed by atoms with E-state index in [9.17, 15) is 9.59 Å². The maximum atomic E-state index is 12.6. The number of halogens is 2. The molecule has 0 saturated carbocycles. The molecule has 0 bridgehead atoms. The summed E-state index contributed by atoms with van der Waals surface area (Å²) in [5, 5.41) is 0.721. The van der Waals surface area contributed by atoms with Crippen molar-refractivity contribution in [3.05, 3.63) is 43.1 Å². The fourth-order valence-electron chi connectivity index (χ4n) is 2.75. The van der Waals surface area contributed by atoms with Gasteiger partial charge < -0.3 is 9.32 Å². The molecule has 1 amide bonds. The molecule has 6 heteroatoms. The minimum atomic E-state index is -0.579. The van der Waals surface area contributed by atoms with Gasteiger partial charge in [-0.15, -0.1) is 0 Å². The molecule has 1 saturated heterocycles. The monoisotopic (exact) mass is 427 g/mol. The summed E-state index contributed by atoms with van der Waals surface area (Å²) in [5.74, 6) is -0.228. The summed E-state index contributed by atoms with van der Waals surface area (Å²) >= 11 is 6.78. The molecule has 0 unspecified atom stereocenters. The van der Waals surface area contributed by atoms with Crippen LogP contribution in [-0.2, 0) is 0 Å². The van der Waals surface area contributed by atoms with Crippen molar-refractivity contribution in [2.24, 2.45) is 0 Å². The quantitative estimate of drug-likeness (QED) is 0.635. The Balaban J connectivity index is 2.04. The minimum absolute atomic E-state index is 0.111. The van der Waals surface area contributed by atoms with Gasteiger partial charge in [0.1, 0.15) is 5.56 Å². The van der Waals surface area contributed by atoms with E-state index in [1.54, 1.807) is 11.0 Å². The van der Waals surface area contributed by atoms with Crippen molar-refractivity contribution in [1.82, 2.24) is 4.90 Å². The number of carbonyl (C=O) groups excluding carboxylic acids is 1. The number of benzene rings is 1. The molecule has 1 aromatic carbocycles. The second-order valence-corrected chi connectivity index (χ2v) is 7.23. The van der Waals surface area contributed by atoms with E-state index in [1.807, 2.05) is 12.1 Å². The lowest BCUT2D eigenvalue weighted by Crippen LogP contribution is -2.34. The standard InChI is InChI=1S/C16H15Br2NO3/c17-11-7-10-8-12(16(21)22-14(10)13(18)9-11)15(20)19-5-3-1-2-4-6-19/h7-9H,1-6H2. The highest BCUT2D eigenvalue weighted by atomic mass is 79.9. The maximum absolute atomic E-state index is 12.6. The van der Waals surface area contributed by atoms with Gasteiger partial charge in [-0.3, -0.25) is 4.79 Å². The van der Waals surface area contributed by atoms with Gasteiger partial charge in [-0.1, -0.05) is 28.8 Å². The van der Waals surface area contributed by atoms with Crippen molar-refractivity contribution >= 4 is 48.7 Å². The van der Waals surface area contributed by atoms with Crippen molar-refractivity contribution in [3.8, 4) is 0 Å². The molecule has 3 rings (SSSR count). The van der Waals surface area contributed by atoms with Crippen molar-refractivity contribution in [1.29, 1.82) is 0 Å². The van der Waals surface area contributed by atoms with Gasteiger partial charge in [0, 0.05) is 22.9 Å². The van der Waals surface area contributed by atoms with Gasteiger partial charge in [-0.25, -0.2) is 4.79 Å². The van der Waals surface area contributed by atoms with Crippen LogP contribution in [0.1, 0.15) is 36.0 Å². The van der Waals surface area contributed by atoms with Crippen molar-refractivity contribution in [2.75, 3.05) is 13.1 Å². The molecule has 1 fully saturated rings. The first-order chi connectivity index (χ1) is 10.6. The molecule has 0 radical (unpaired) electrons. The summed E-state index contributed by atoms with van der Waals surface area (Å²) in [6.07, 6.45) is 4.25. The molecule has 1 aliphatic heterocycles. The van der Waals surface area contributed by atoms with Crippen molar-refractivity contribution in [3.63, 3.8) is 0 Å². The number of likely N-dealkylation sites (tertiary alicyclic amines) is 1. The summed E-state index contributed by atoms with van der Waals surface area (Å²) in [5.41, 5.74) is -0.00946. The lowest BCUT2D eigenvalue weighted by molar-refractivity contribution is 0.0757. The summed E-state index contributed by atoms with van der Waals surface area (Å²) in [4.78, 5) is 26.6. The first kappa shape index (κ1) is 15.7. The third-order valence-corrected chi connectivity index (χ3v) is 4.92. The molecule has 0 N–H and O–H groups in total. The fraction of sp³-hybridized carbons (Fsp3) is 0.375. The van der Waals surface area contributed by atoms with Crippen molar-refractivity contribution < 1.29 is 9.21 Å². The van der Waals surface area contributed by atoms with E-state index in [0.29, 0.717) is 23.1 Å². The highest BCUT2D eigenvalue weighted by Gasteiger charge is 2.22. The third-order valence-electron chi connectivity index (χ3n) is 3.88. The molecule has 116 valence electrons. The minimum Gasteiger partial charge on any atom is -0.421 e. The molecule has 1 aliphatic rings.